The van der Waals surface area contributed by atoms with Gasteiger partial charge in [0.15, 0.2) is 0 Å². The van der Waals surface area contributed by atoms with Gasteiger partial charge in [0.25, 0.3) is 0 Å². The summed E-state index contributed by atoms with van der Waals surface area (Å²) in [7, 11) is 0. The summed E-state index contributed by atoms with van der Waals surface area (Å²) in [5, 5.41) is 0. The highest BCUT2D eigenvalue weighted by atomic mass is 19.1. The van der Waals surface area contributed by atoms with Gasteiger partial charge in [-0.05, 0) is 106 Å². The molecule has 2 aromatic carbocycles. The van der Waals surface area contributed by atoms with Gasteiger partial charge in [-0.25, -0.2) is 18.0 Å². The summed E-state index contributed by atoms with van der Waals surface area (Å²) >= 11 is 0. The Bertz CT molecular complexity index is 1080. The number of fused-ring (bicyclic) bond motifs is 1. The van der Waals surface area contributed by atoms with E-state index >= 15 is 8.78 Å². The van der Waals surface area contributed by atoms with E-state index in [0.29, 0.717) is 36.2 Å². The molecule has 186 valence electrons. The number of ether oxygens (including phenoxy) is 1. The summed E-state index contributed by atoms with van der Waals surface area (Å²) in [6, 6.07) is 6.22. The minimum Gasteiger partial charge on any atom is -0.423 e. The van der Waals surface area contributed by atoms with Gasteiger partial charge in [-0.3, -0.25) is 0 Å². The first kappa shape index (κ1) is 25.3. The van der Waals surface area contributed by atoms with Crippen molar-refractivity contribution in [1.82, 2.24) is 0 Å². The van der Waals surface area contributed by atoms with Crippen LogP contribution in [0.4, 0.5) is 13.2 Å². The number of benzene rings is 2. The fourth-order valence-corrected chi connectivity index (χ4v) is 5.94. The van der Waals surface area contributed by atoms with Gasteiger partial charge in [-0.2, -0.15) is 0 Å². The highest BCUT2D eigenvalue weighted by molar-refractivity contribution is 5.91. The number of aryl methyl sites for hydroxylation is 1. The summed E-state index contributed by atoms with van der Waals surface area (Å²) in [6.45, 7) is 5.67. The summed E-state index contributed by atoms with van der Waals surface area (Å²) < 4.78 is 49.6. The minimum atomic E-state index is -0.918. The minimum absolute atomic E-state index is 0.00779. The number of hydrogen-bond acceptors (Lipinski definition) is 2. The molecule has 0 radical (unpaired) electrons. The van der Waals surface area contributed by atoms with Crippen molar-refractivity contribution in [2.24, 2.45) is 17.8 Å². The molecule has 0 saturated heterocycles. The van der Waals surface area contributed by atoms with Crippen LogP contribution < -0.4 is 4.74 Å². The Morgan fingerprint density at radius 1 is 1.00 bits per heavy atom. The number of carbonyl (C=O) groups excluding carboxylic acids is 1. The molecular weight excluding hydrogens is 449 g/mol. The Morgan fingerprint density at radius 2 is 1.71 bits per heavy atom. The Labute approximate surface area is 205 Å². The van der Waals surface area contributed by atoms with Gasteiger partial charge >= 0.3 is 5.97 Å². The van der Waals surface area contributed by atoms with Crippen molar-refractivity contribution in [3.8, 4) is 5.75 Å². The molecule has 0 heterocycles. The SMILES string of the molecule is C=CCCc1ccc(OC(=O)c2cc(F)c(C3CCC4CC(/C=C/C)CCC4C3)c(F)c2)cc1F. The normalized spacial score (nSPS) is 24.2. The van der Waals surface area contributed by atoms with E-state index in [1.54, 1.807) is 6.08 Å². The van der Waals surface area contributed by atoms with Crippen molar-refractivity contribution in [3.63, 3.8) is 0 Å². The molecule has 5 heteroatoms. The third-order valence-corrected chi connectivity index (χ3v) is 7.69. The lowest BCUT2D eigenvalue weighted by molar-refractivity contribution is 0.0733. The standard InChI is InChI=1S/C30H33F3O2/c1-3-5-7-20-12-13-25(18-26(20)31)35-30(34)24-16-27(32)29(28(33)17-24)23-11-10-21-14-19(6-4-2)8-9-22(21)15-23/h3-4,6,12-13,16-19,21-23H,1,5,7-11,14-15H2,2H3/b6-4+. The van der Waals surface area contributed by atoms with E-state index in [1.807, 2.05) is 6.92 Å². The molecular formula is C30H33F3O2. The van der Waals surface area contributed by atoms with E-state index in [-0.39, 0.29) is 22.8 Å². The lowest BCUT2D eigenvalue weighted by Gasteiger charge is -2.42. The van der Waals surface area contributed by atoms with Crippen LogP contribution >= 0.6 is 0 Å². The molecule has 0 spiro atoms. The van der Waals surface area contributed by atoms with Crippen LogP contribution in [0.25, 0.3) is 0 Å². The first-order valence-electron chi connectivity index (χ1n) is 12.6. The molecule has 35 heavy (non-hydrogen) atoms. The van der Waals surface area contributed by atoms with Gasteiger partial charge in [-0.15, -0.1) is 6.58 Å². The van der Waals surface area contributed by atoms with Gasteiger partial charge in [0.2, 0.25) is 0 Å². The maximum Gasteiger partial charge on any atom is 0.343 e. The fourth-order valence-electron chi connectivity index (χ4n) is 5.94. The highest BCUT2D eigenvalue weighted by Crippen LogP contribution is 2.48. The van der Waals surface area contributed by atoms with Crippen molar-refractivity contribution >= 4 is 5.97 Å². The van der Waals surface area contributed by atoms with Gasteiger partial charge in [0, 0.05) is 11.6 Å². The lowest BCUT2D eigenvalue weighted by Crippen LogP contribution is -2.30. The summed E-state index contributed by atoms with van der Waals surface area (Å²) in [6.07, 6.45) is 13.1. The maximum atomic E-state index is 15.1. The number of halogens is 3. The molecule has 0 amide bonds. The van der Waals surface area contributed by atoms with E-state index in [1.165, 1.54) is 12.1 Å². The topological polar surface area (TPSA) is 26.3 Å². The van der Waals surface area contributed by atoms with Crippen LogP contribution in [0.15, 0.2) is 55.1 Å². The van der Waals surface area contributed by atoms with Gasteiger partial charge in [-0.1, -0.05) is 24.3 Å². The largest absolute Gasteiger partial charge is 0.423 e. The number of rotatable bonds is 7. The van der Waals surface area contributed by atoms with Gasteiger partial charge < -0.3 is 4.74 Å². The van der Waals surface area contributed by atoms with Gasteiger partial charge in [0.1, 0.15) is 23.2 Å². The second kappa shape index (κ2) is 11.3. The first-order valence-corrected chi connectivity index (χ1v) is 12.6. The van der Waals surface area contributed by atoms with Crippen LogP contribution in [0.3, 0.4) is 0 Å². The fraction of sp³-hybridized carbons (Fsp3) is 0.433. The Hall–Kier alpha value is -2.82. The molecule has 0 bridgehead atoms. The van der Waals surface area contributed by atoms with Crippen molar-refractivity contribution in [2.75, 3.05) is 0 Å². The van der Waals surface area contributed by atoms with Crippen LogP contribution in [-0.4, -0.2) is 5.97 Å². The highest BCUT2D eigenvalue weighted by Gasteiger charge is 2.37. The summed E-state index contributed by atoms with van der Waals surface area (Å²) in [5.41, 5.74) is 0.338. The molecule has 4 rings (SSSR count). The second-order valence-corrected chi connectivity index (χ2v) is 9.95. The zero-order valence-corrected chi connectivity index (χ0v) is 20.2. The third kappa shape index (κ3) is 5.88. The molecule has 0 aromatic heterocycles. The Kier molecular flexibility index (Phi) is 8.15. The van der Waals surface area contributed by atoms with Crippen LogP contribution in [0.1, 0.15) is 79.3 Å². The molecule has 2 nitrogen and oxygen atoms in total. The third-order valence-electron chi connectivity index (χ3n) is 7.69. The molecule has 2 aromatic rings. The lowest BCUT2D eigenvalue weighted by atomic mass is 9.63. The zero-order valence-electron chi connectivity index (χ0n) is 20.2. The average molecular weight is 483 g/mol. The summed E-state index contributed by atoms with van der Waals surface area (Å²) in [4.78, 5) is 12.5. The van der Waals surface area contributed by atoms with E-state index in [0.717, 1.165) is 56.7 Å². The maximum absolute atomic E-state index is 15.1. The monoisotopic (exact) mass is 482 g/mol. The predicted octanol–water partition coefficient (Wildman–Crippen LogP) is 8.32. The number of esters is 1. The van der Waals surface area contributed by atoms with E-state index in [2.05, 4.69) is 18.7 Å². The zero-order chi connectivity index (χ0) is 24.9. The second-order valence-electron chi connectivity index (χ2n) is 9.95. The van der Waals surface area contributed by atoms with E-state index < -0.39 is 23.4 Å². The first-order chi connectivity index (χ1) is 16.9. The Balaban J connectivity index is 1.44. The van der Waals surface area contributed by atoms with Crippen molar-refractivity contribution < 1.29 is 22.7 Å². The van der Waals surface area contributed by atoms with Crippen LogP contribution in [0, 0.1) is 35.2 Å². The smallest absolute Gasteiger partial charge is 0.343 e. The van der Waals surface area contributed by atoms with Crippen LogP contribution in [0.5, 0.6) is 5.75 Å². The quantitative estimate of drug-likeness (QED) is 0.225. The van der Waals surface area contributed by atoms with Crippen LogP contribution in [-0.2, 0) is 6.42 Å². The molecule has 0 N–H and O–H groups in total. The van der Waals surface area contributed by atoms with E-state index in [9.17, 15) is 9.18 Å². The molecule has 2 aliphatic carbocycles. The van der Waals surface area contributed by atoms with E-state index in [4.69, 9.17) is 4.74 Å². The molecule has 2 aliphatic rings. The number of carbonyl (C=O) groups is 1. The number of hydrogen-bond donors (Lipinski definition) is 0. The van der Waals surface area contributed by atoms with Crippen molar-refractivity contribution in [3.05, 3.63) is 89.3 Å². The average Bonchev–Trinajstić information content (AvgIpc) is 2.83. The molecule has 4 unspecified atom stereocenters. The van der Waals surface area contributed by atoms with Crippen molar-refractivity contribution in [1.29, 1.82) is 0 Å². The molecule has 0 aliphatic heterocycles. The molecule has 2 fully saturated rings. The van der Waals surface area contributed by atoms with Crippen LogP contribution in [0.2, 0.25) is 0 Å². The Morgan fingerprint density at radius 3 is 2.40 bits per heavy atom. The van der Waals surface area contributed by atoms with Gasteiger partial charge in [0.05, 0.1) is 5.56 Å². The van der Waals surface area contributed by atoms with Crippen molar-refractivity contribution in [2.45, 2.75) is 64.2 Å². The molecule has 4 atom stereocenters. The molecule has 2 saturated carbocycles. The summed E-state index contributed by atoms with van der Waals surface area (Å²) in [5.74, 6) is -1.31. The predicted molar refractivity (Wildman–Crippen MR) is 132 cm³/mol. The number of allylic oxidation sites excluding steroid dienone is 3.